The van der Waals surface area contributed by atoms with E-state index in [0.29, 0.717) is 0 Å². The van der Waals surface area contributed by atoms with Crippen LogP contribution in [0.15, 0.2) is 0 Å². The van der Waals surface area contributed by atoms with Crippen LogP contribution in [0.5, 0.6) is 0 Å². The van der Waals surface area contributed by atoms with E-state index >= 15 is 0 Å². The second kappa shape index (κ2) is 3.25. The van der Waals surface area contributed by atoms with Crippen molar-refractivity contribution < 1.29 is 47.6 Å². The van der Waals surface area contributed by atoms with Gasteiger partial charge in [0.15, 0.2) is 0 Å². The fourth-order valence-electron chi connectivity index (χ4n) is 0.907. The lowest BCUT2D eigenvalue weighted by Crippen LogP contribution is -2.51. The monoisotopic (exact) mass is 234 g/mol. The van der Waals surface area contributed by atoms with Gasteiger partial charge in [0.25, 0.3) is 0 Å². The Morgan fingerprint density at radius 2 is 1.19 bits per heavy atom. The van der Waals surface area contributed by atoms with Crippen LogP contribution in [0.1, 0.15) is 0 Å². The topological polar surface area (TPSA) is 124 Å². The summed E-state index contributed by atoms with van der Waals surface area (Å²) in [6.07, 6.45) is -5.88. The Labute approximate surface area is 85.9 Å². The van der Waals surface area contributed by atoms with Crippen LogP contribution in [-0.4, -0.2) is 37.2 Å². The fourth-order valence-corrected chi connectivity index (χ4v) is 0.907. The van der Waals surface area contributed by atoms with Crippen molar-refractivity contribution in [3.8, 4) is 0 Å². The fraction of sp³-hybridized carbons (Fsp3) is 0.333. The predicted molar refractivity (Wildman–Crippen MR) is 35.7 cm³/mol. The summed E-state index contributed by atoms with van der Waals surface area (Å²) in [7, 11) is 0. The molecular weight excluding hydrogens is 232 g/mol. The van der Waals surface area contributed by atoms with E-state index in [-0.39, 0.29) is 0 Å². The molecule has 2 rings (SSSR count). The summed E-state index contributed by atoms with van der Waals surface area (Å²) in [6, 6.07) is 0. The van der Waals surface area contributed by atoms with Crippen LogP contribution in [0.2, 0.25) is 0 Å². The zero-order chi connectivity index (χ0) is 11.8. The van der Waals surface area contributed by atoms with E-state index in [1.165, 1.54) is 0 Å². The van der Waals surface area contributed by atoms with Crippen LogP contribution in [0.25, 0.3) is 0 Å². The molecule has 0 aromatic rings. The predicted octanol–water partition coefficient (Wildman–Crippen LogP) is 0.247. The minimum Gasteiger partial charge on any atom is -0.421 e. The minimum atomic E-state index is -2.50. The first-order valence-electron chi connectivity index (χ1n) is 3.70. The van der Waals surface area contributed by atoms with Crippen LogP contribution in [0.4, 0.5) is 19.2 Å². The quantitative estimate of drug-likeness (QED) is 0.327. The van der Waals surface area contributed by atoms with Crippen LogP contribution >= 0.6 is 0 Å². The number of hydrogen-bond donors (Lipinski definition) is 0. The van der Waals surface area contributed by atoms with E-state index in [1.54, 1.807) is 0 Å². The molecule has 86 valence electrons. The Hall–Kier alpha value is -2.52. The van der Waals surface area contributed by atoms with Gasteiger partial charge in [0.05, 0.1) is 0 Å². The number of rotatable bonds is 0. The highest BCUT2D eigenvalue weighted by atomic mass is 17.0. The first kappa shape index (κ1) is 10.0. The molecule has 1 spiro atoms. The molecule has 0 radical (unpaired) electrons. The lowest BCUT2D eigenvalue weighted by Gasteiger charge is -2.29. The molecule has 2 fully saturated rings. The molecule has 2 heterocycles. The van der Waals surface area contributed by atoms with Crippen LogP contribution in [-0.2, 0) is 28.4 Å². The number of cyclic esters (lactones) is 5. The molecule has 0 saturated carbocycles. The Morgan fingerprint density at radius 1 is 0.750 bits per heavy atom. The summed E-state index contributed by atoms with van der Waals surface area (Å²) in [4.78, 5) is 42.9. The molecule has 10 heteroatoms. The number of carbonyl (C=O) groups is 4. The molecule has 2 aliphatic heterocycles. The molecule has 0 aromatic carbocycles. The van der Waals surface area contributed by atoms with Gasteiger partial charge < -0.3 is 28.4 Å². The maximum absolute atomic E-state index is 10.8. The molecule has 0 amide bonds. The molecule has 2 saturated heterocycles. The van der Waals surface area contributed by atoms with E-state index in [0.717, 1.165) is 0 Å². The summed E-state index contributed by atoms with van der Waals surface area (Å²) in [5.74, 6) is -2.50. The molecule has 0 aromatic heterocycles. The summed E-state index contributed by atoms with van der Waals surface area (Å²) in [6.45, 7) is -0.863. The molecule has 0 N–H and O–H groups in total. The smallest absolute Gasteiger partial charge is 0.421 e. The standard InChI is InChI=1S/C6H2O10/c7-2-11-1-6(14-3(8)12-2)15-4(9)13-5(10)16-6/h1H2. The maximum Gasteiger partial charge on any atom is 0.524 e. The molecule has 0 atom stereocenters. The van der Waals surface area contributed by atoms with E-state index in [4.69, 9.17) is 0 Å². The highest BCUT2D eigenvalue weighted by molar-refractivity contribution is 5.81. The first-order valence-corrected chi connectivity index (χ1v) is 3.70. The molecule has 10 nitrogen and oxygen atoms in total. The lowest BCUT2D eigenvalue weighted by atomic mass is 10.6. The molecule has 0 unspecified atom stereocenters. The third-order valence-corrected chi connectivity index (χ3v) is 1.42. The maximum atomic E-state index is 10.8. The van der Waals surface area contributed by atoms with E-state index in [9.17, 15) is 19.2 Å². The third-order valence-electron chi connectivity index (χ3n) is 1.42. The largest absolute Gasteiger partial charge is 0.524 e. The van der Waals surface area contributed by atoms with Crippen LogP contribution < -0.4 is 0 Å². The Kier molecular flexibility index (Phi) is 2.04. The summed E-state index contributed by atoms with van der Waals surface area (Å²) in [5, 5.41) is 0. The SMILES string of the molecule is O=C1OCC2(OC(=O)O1)OC(=O)OC(=O)O2. The second-order valence-electron chi connectivity index (χ2n) is 2.48. The van der Waals surface area contributed by atoms with Crippen molar-refractivity contribution >= 4 is 24.6 Å². The van der Waals surface area contributed by atoms with Crippen molar-refractivity contribution in [1.29, 1.82) is 0 Å². The average molecular weight is 234 g/mol. The van der Waals surface area contributed by atoms with E-state index < -0.39 is 37.2 Å². The van der Waals surface area contributed by atoms with Crippen molar-refractivity contribution in [2.45, 2.75) is 5.97 Å². The minimum absolute atomic E-state index is 0.863. The van der Waals surface area contributed by atoms with Crippen molar-refractivity contribution in [1.82, 2.24) is 0 Å². The molecule has 0 bridgehead atoms. The van der Waals surface area contributed by atoms with E-state index in [1.807, 2.05) is 0 Å². The highest BCUT2D eigenvalue weighted by Gasteiger charge is 2.53. The van der Waals surface area contributed by atoms with Crippen molar-refractivity contribution in [3.63, 3.8) is 0 Å². The van der Waals surface area contributed by atoms with Gasteiger partial charge in [-0.1, -0.05) is 0 Å². The zero-order valence-electron chi connectivity index (χ0n) is 7.29. The van der Waals surface area contributed by atoms with Gasteiger partial charge in [-0.3, -0.25) is 0 Å². The van der Waals surface area contributed by atoms with Crippen molar-refractivity contribution in [2.24, 2.45) is 0 Å². The van der Waals surface area contributed by atoms with Gasteiger partial charge in [-0.05, 0) is 0 Å². The Balaban J connectivity index is 2.22. The Bertz CT molecular complexity index is 367. The first-order chi connectivity index (χ1) is 7.49. The van der Waals surface area contributed by atoms with Crippen LogP contribution in [0.3, 0.4) is 0 Å². The lowest BCUT2D eigenvalue weighted by molar-refractivity contribution is -0.337. The normalized spacial score (nSPS) is 23.0. The van der Waals surface area contributed by atoms with Gasteiger partial charge in [0.1, 0.15) is 0 Å². The molecule has 0 aliphatic carbocycles. The number of carbonyl (C=O) groups excluding carboxylic acids is 4. The molecule has 2 aliphatic rings. The van der Waals surface area contributed by atoms with Gasteiger partial charge in [-0.25, -0.2) is 19.2 Å². The van der Waals surface area contributed by atoms with Crippen LogP contribution in [0, 0.1) is 0 Å². The van der Waals surface area contributed by atoms with Gasteiger partial charge >= 0.3 is 30.6 Å². The van der Waals surface area contributed by atoms with Gasteiger partial charge in [0.2, 0.25) is 6.61 Å². The van der Waals surface area contributed by atoms with Crippen molar-refractivity contribution in [3.05, 3.63) is 0 Å². The number of ether oxygens (including phenoxy) is 6. The molecular formula is C6H2O10. The molecule has 16 heavy (non-hydrogen) atoms. The van der Waals surface area contributed by atoms with Gasteiger partial charge in [-0.15, -0.1) is 0 Å². The summed E-state index contributed by atoms with van der Waals surface area (Å²) in [5.41, 5.74) is 0. The summed E-state index contributed by atoms with van der Waals surface area (Å²) < 4.78 is 24.8. The average Bonchev–Trinajstić information content (AvgIpc) is 2.23. The highest BCUT2D eigenvalue weighted by Crippen LogP contribution is 2.25. The van der Waals surface area contributed by atoms with Crippen molar-refractivity contribution in [2.75, 3.05) is 6.61 Å². The zero-order valence-corrected chi connectivity index (χ0v) is 7.29. The summed E-state index contributed by atoms with van der Waals surface area (Å²) >= 11 is 0. The number of hydrogen-bond acceptors (Lipinski definition) is 10. The Morgan fingerprint density at radius 3 is 1.69 bits per heavy atom. The third kappa shape index (κ3) is 1.80. The van der Waals surface area contributed by atoms with E-state index in [2.05, 4.69) is 28.4 Å². The van der Waals surface area contributed by atoms with Gasteiger partial charge in [0, 0.05) is 0 Å². The van der Waals surface area contributed by atoms with Gasteiger partial charge in [-0.2, -0.15) is 0 Å². The second-order valence-corrected chi connectivity index (χ2v) is 2.48.